The quantitative estimate of drug-likeness (QED) is 0.414. The number of halogens is 3. The maximum absolute atomic E-state index is 13.7. The van der Waals surface area contributed by atoms with Gasteiger partial charge in [0.2, 0.25) is 5.28 Å². The number of anilines is 2. The lowest BCUT2D eigenvalue weighted by Crippen LogP contribution is -2.20. The lowest BCUT2D eigenvalue weighted by atomic mass is 10.1. The Kier molecular flexibility index (Phi) is 6.82. The first kappa shape index (κ1) is 20.0. The van der Waals surface area contributed by atoms with Crippen molar-refractivity contribution in [3.05, 3.63) is 40.0 Å². The van der Waals surface area contributed by atoms with E-state index in [1.807, 2.05) is 6.92 Å². The van der Waals surface area contributed by atoms with E-state index in [-0.39, 0.29) is 34.9 Å². The van der Waals surface area contributed by atoms with Crippen LogP contribution < -0.4 is 15.8 Å². The van der Waals surface area contributed by atoms with E-state index in [1.165, 1.54) is 12.3 Å². The number of hydrogen-bond donors (Lipinski definition) is 2. The fourth-order valence-corrected chi connectivity index (χ4v) is 2.34. The van der Waals surface area contributed by atoms with Crippen LogP contribution in [0.2, 0.25) is 10.3 Å². The summed E-state index contributed by atoms with van der Waals surface area (Å²) in [6.07, 6.45) is 1.94. The zero-order valence-electron chi connectivity index (χ0n) is 14.1. The van der Waals surface area contributed by atoms with Crippen molar-refractivity contribution >= 4 is 40.7 Å². The minimum Gasteiger partial charge on any atom is -0.491 e. The molecule has 140 valence electrons. The third kappa shape index (κ3) is 5.09. The number of rotatable bonds is 7. The van der Waals surface area contributed by atoms with E-state index in [0.717, 1.165) is 13.2 Å². The molecule has 0 aliphatic rings. The molecule has 3 N–H and O–H groups in total. The zero-order chi connectivity index (χ0) is 19.3. The summed E-state index contributed by atoms with van der Waals surface area (Å²) in [6.45, 7) is 2.14. The van der Waals surface area contributed by atoms with Gasteiger partial charge in [0.1, 0.15) is 22.4 Å². The van der Waals surface area contributed by atoms with Gasteiger partial charge < -0.3 is 20.5 Å². The van der Waals surface area contributed by atoms with Crippen LogP contribution in [0.15, 0.2) is 18.3 Å². The molecular weight excluding hydrogens is 386 g/mol. The first-order valence-corrected chi connectivity index (χ1v) is 8.32. The van der Waals surface area contributed by atoms with Crippen LogP contribution in [0.3, 0.4) is 0 Å². The summed E-state index contributed by atoms with van der Waals surface area (Å²) in [5, 5.41) is 3.51. The van der Waals surface area contributed by atoms with Gasteiger partial charge in [0, 0.05) is 18.5 Å². The van der Waals surface area contributed by atoms with E-state index in [9.17, 15) is 9.18 Å². The highest BCUT2D eigenvalue weighted by Crippen LogP contribution is 2.26. The Morgan fingerprint density at radius 3 is 2.85 bits per heavy atom. The van der Waals surface area contributed by atoms with Crippen LogP contribution in [0.4, 0.5) is 15.9 Å². The Bertz CT molecular complexity index is 807. The van der Waals surface area contributed by atoms with Gasteiger partial charge in [-0.2, -0.15) is 4.98 Å². The summed E-state index contributed by atoms with van der Waals surface area (Å²) in [5.74, 6) is -0.972. The number of esters is 1. The summed E-state index contributed by atoms with van der Waals surface area (Å²) in [5.41, 5.74) is 5.57. The normalized spacial score (nSPS) is 11.7. The molecule has 0 saturated carbocycles. The van der Waals surface area contributed by atoms with Crippen LogP contribution >= 0.6 is 23.2 Å². The van der Waals surface area contributed by atoms with E-state index in [0.29, 0.717) is 17.3 Å². The molecule has 0 amide bonds. The summed E-state index contributed by atoms with van der Waals surface area (Å²) < 4.78 is 23.8. The third-order valence-electron chi connectivity index (χ3n) is 3.41. The van der Waals surface area contributed by atoms with Crippen molar-refractivity contribution < 1.29 is 18.7 Å². The summed E-state index contributed by atoms with van der Waals surface area (Å²) >= 11 is 11.7. The number of methoxy groups -OCH3 is 1. The second-order valence-electron chi connectivity index (χ2n) is 5.38. The summed E-state index contributed by atoms with van der Waals surface area (Å²) in [7, 11) is 1.16. The molecule has 0 fully saturated rings. The fourth-order valence-electron chi connectivity index (χ4n) is 2.06. The first-order valence-electron chi connectivity index (χ1n) is 7.56. The Labute approximate surface area is 159 Å². The van der Waals surface area contributed by atoms with Crippen LogP contribution in [0.1, 0.15) is 23.7 Å². The van der Waals surface area contributed by atoms with E-state index >= 15 is 0 Å². The molecular formula is C16H17Cl2FN4O3. The molecule has 2 rings (SSSR count). The van der Waals surface area contributed by atoms with Crippen LogP contribution in [-0.4, -0.2) is 35.7 Å². The van der Waals surface area contributed by atoms with Gasteiger partial charge in [0.15, 0.2) is 0 Å². The standard InChI is InChI=1S/C16H17Cl2FN4O3/c1-8(22-14-10(17)7-21-16(18)23-14)3-4-26-13-5-9(15(24)25-2)11(19)6-12(13)20/h5-8H,3-4,20H2,1-2H3,(H,21,22,23). The third-order valence-corrected chi connectivity index (χ3v) is 3.87. The number of nitrogen functional groups attached to an aromatic ring is 1. The van der Waals surface area contributed by atoms with E-state index in [4.69, 9.17) is 33.7 Å². The van der Waals surface area contributed by atoms with Crippen molar-refractivity contribution in [3.63, 3.8) is 0 Å². The highest BCUT2D eigenvalue weighted by molar-refractivity contribution is 6.33. The Hall–Kier alpha value is -2.32. The van der Waals surface area contributed by atoms with Crippen molar-refractivity contribution in [2.24, 2.45) is 0 Å². The minimum atomic E-state index is -0.808. The van der Waals surface area contributed by atoms with Crippen molar-refractivity contribution in [3.8, 4) is 5.75 Å². The number of benzene rings is 1. The molecule has 10 heteroatoms. The topological polar surface area (TPSA) is 99.4 Å². The van der Waals surface area contributed by atoms with Gasteiger partial charge in [-0.1, -0.05) is 11.6 Å². The van der Waals surface area contributed by atoms with Crippen LogP contribution in [0.25, 0.3) is 0 Å². The SMILES string of the molecule is COC(=O)c1cc(OCCC(C)Nc2nc(Cl)ncc2Cl)c(N)cc1F. The number of carbonyl (C=O) groups excluding carboxylic acids is 1. The molecule has 0 aliphatic heterocycles. The van der Waals surface area contributed by atoms with Gasteiger partial charge in [0.05, 0.1) is 31.2 Å². The fraction of sp³-hybridized carbons (Fsp3) is 0.312. The second kappa shape index (κ2) is 8.86. The predicted octanol–water partition coefficient (Wildman–Crippen LogP) is 3.56. The molecule has 0 aliphatic carbocycles. The number of aromatic nitrogens is 2. The number of ether oxygens (including phenoxy) is 2. The number of nitrogens with one attached hydrogen (secondary N) is 1. The Morgan fingerprint density at radius 2 is 2.15 bits per heavy atom. The van der Waals surface area contributed by atoms with Gasteiger partial charge in [-0.3, -0.25) is 0 Å². The van der Waals surface area contributed by atoms with Gasteiger partial charge in [0.25, 0.3) is 0 Å². The number of nitrogens with two attached hydrogens (primary N) is 1. The van der Waals surface area contributed by atoms with Gasteiger partial charge in [-0.25, -0.2) is 14.2 Å². The Morgan fingerprint density at radius 1 is 1.42 bits per heavy atom. The Balaban J connectivity index is 1.96. The maximum Gasteiger partial charge on any atom is 0.340 e. The van der Waals surface area contributed by atoms with Crippen molar-refractivity contribution in [1.82, 2.24) is 9.97 Å². The summed E-state index contributed by atoms with van der Waals surface area (Å²) in [6, 6.07) is 2.17. The van der Waals surface area contributed by atoms with E-state index in [1.54, 1.807) is 0 Å². The highest BCUT2D eigenvalue weighted by Gasteiger charge is 2.16. The van der Waals surface area contributed by atoms with Crippen LogP contribution in [-0.2, 0) is 4.74 Å². The van der Waals surface area contributed by atoms with Gasteiger partial charge in [-0.15, -0.1) is 0 Å². The lowest BCUT2D eigenvalue weighted by molar-refractivity contribution is 0.0595. The number of nitrogens with zero attached hydrogens (tertiary/aromatic N) is 2. The van der Waals surface area contributed by atoms with Gasteiger partial charge in [-0.05, 0) is 24.6 Å². The lowest BCUT2D eigenvalue weighted by Gasteiger charge is -2.16. The monoisotopic (exact) mass is 402 g/mol. The molecule has 0 saturated heterocycles. The van der Waals surface area contributed by atoms with Crippen molar-refractivity contribution in [2.75, 3.05) is 24.8 Å². The molecule has 0 radical (unpaired) electrons. The van der Waals surface area contributed by atoms with Crippen LogP contribution in [0, 0.1) is 5.82 Å². The molecule has 0 bridgehead atoms. The van der Waals surface area contributed by atoms with E-state index < -0.39 is 11.8 Å². The predicted molar refractivity (Wildman–Crippen MR) is 97.4 cm³/mol. The molecule has 1 aromatic heterocycles. The second-order valence-corrected chi connectivity index (χ2v) is 6.12. The number of carbonyl (C=O) groups is 1. The molecule has 1 aromatic carbocycles. The van der Waals surface area contributed by atoms with Gasteiger partial charge >= 0.3 is 5.97 Å². The molecule has 1 atom stereocenters. The molecule has 0 spiro atoms. The largest absolute Gasteiger partial charge is 0.491 e. The number of hydrogen-bond acceptors (Lipinski definition) is 7. The first-order chi connectivity index (χ1) is 12.3. The highest BCUT2D eigenvalue weighted by atomic mass is 35.5. The summed E-state index contributed by atoms with van der Waals surface area (Å²) in [4.78, 5) is 19.3. The van der Waals surface area contributed by atoms with Crippen molar-refractivity contribution in [1.29, 1.82) is 0 Å². The molecule has 7 nitrogen and oxygen atoms in total. The molecule has 2 aromatic rings. The average molecular weight is 403 g/mol. The van der Waals surface area contributed by atoms with E-state index in [2.05, 4.69) is 20.0 Å². The van der Waals surface area contributed by atoms with Crippen molar-refractivity contribution in [2.45, 2.75) is 19.4 Å². The smallest absolute Gasteiger partial charge is 0.340 e. The maximum atomic E-state index is 13.7. The minimum absolute atomic E-state index is 0.0692. The molecule has 1 unspecified atom stereocenters. The zero-order valence-corrected chi connectivity index (χ0v) is 15.6. The average Bonchev–Trinajstić information content (AvgIpc) is 2.59. The molecule has 1 heterocycles. The molecule has 26 heavy (non-hydrogen) atoms. The van der Waals surface area contributed by atoms with Crippen LogP contribution in [0.5, 0.6) is 5.75 Å².